The lowest BCUT2D eigenvalue weighted by Crippen LogP contribution is -2.39. The predicted octanol–water partition coefficient (Wildman–Crippen LogP) is 2.79. The first-order valence-corrected chi connectivity index (χ1v) is 7.61. The predicted molar refractivity (Wildman–Crippen MR) is 89.8 cm³/mol. The van der Waals surface area contributed by atoms with Crippen LogP contribution >= 0.6 is 12.4 Å². The molecule has 1 saturated heterocycles. The van der Waals surface area contributed by atoms with E-state index in [1.54, 1.807) is 0 Å². The Kier molecular flexibility index (Phi) is 7.20. The topological polar surface area (TPSA) is 41.1 Å². The Morgan fingerprint density at radius 1 is 1.33 bits per heavy atom. The minimum Gasteiger partial charge on any atom is -0.356 e. The lowest BCUT2D eigenvalue weighted by atomic mass is 9.84. The van der Waals surface area contributed by atoms with Gasteiger partial charge in [0.2, 0.25) is 5.91 Å². The van der Waals surface area contributed by atoms with Crippen LogP contribution in [0.1, 0.15) is 32.3 Å². The summed E-state index contributed by atoms with van der Waals surface area (Å²) < 4.78 is 0. The van der Waals surface area contributed by atoms with Crippen LogP contribution in [0.2, 0.25) is 0 Å². The summed E-state index contributed by atoms with van der Waals surface area (Å²) in [5.74, 6) is 0.889. The zero-order valence-electron chi connectivity index (χ0n) is 13.0. The monoisotopic (exact) mass is 310 g/mol. The van der Waals surface area contributed by atoms with Crippen LogP contribution in [-0.2, 0) is 11.2 Å². The van der Waals surface area contributed by atoms with Crippen LogP contribution in [0.15, 0.2) is 30.3 Å². The highest BCUT2D eigenvalue weighted by Gasteiger charge is 2.27. The number of nitrogens with one attached hydrogen (secondary N) is 2. The fourth-order valence-corrected chi connectivity index (χ4v) is 2.78. The van der Waals surface area contributed by atoms with Crippen molar-refractivity contribution in [2.75, 3.05) is 19.6 Å². The van der Waals surface area contributed by atoms with Crippen molar-refractivity contribution in [3.05, 3.63) is 35.9 Å². The third kappa shape index (κ3) is 5.68. The molecule has 0 spiro atoms. The van der Waals surface area contributed by atoms with Crippen molar-refractivity contribution >= 4 is 18.3 Å². The molecule has 2 rings (SSSR count). The number of rotatable bonds is 6. The summed E-state index contributed by atoms with van der Waals surface area (Å²) in [5, 5.41) is 6.46. The molecule has 1 aromatic rings. The van der Waals surface area contributed by atoms with Gasteiger partial charge in [-0.05, 0) is 43.8 Å². The van der Waals surface area contributed by atoms with Gasteiger partial charge in [0.15, 0.2) is 0 Å². The third-order valence-corrected chi connectivity index (χ3v) is 4.10. The highest BCUT2D eigenvalue weighted by Crippen LogP contribution is 2.22. The van der Waals surface area contributed by atoms with Crippen LogP contribution in [0.4, 0.5) is 0 Å². The summed E-state index contributed by atoms with van der Waals surface area (Å²) in [6.07, 6.45) is 3.11. The van der Waals surface area contributed by atoms with Gasteiger partial charge in [0.1, 0.15) is 0 Å². The second kappa shape index (κ2) is 8.40. The minimum absolute atomic E-state index is 0. The molecule has 1 aliphatic heterocycles. The Bertz CT molecular complexity index is 428. The molecule has 2 N–H and O–H groups in total. The Balaban J connectivity index is 0.00000220. The van der Waals surface area contributed by atoms with Crippen molar-refractivity contribution in [3.8, 4) is 0 Å². The maximum absolute atomic E-state index is 12.3. The summed E-state index contributed by atoms with van der Waals surface area (Å²) in [6.45, 7) is 7.06. The number of benzene rings is 1. The second-order valence-electron chi connectivity index (χ2n) is 6.45. The first-order chi connectivity index (χ1) is 9.58. The van der Waals surface area contributed by atoms with Crippen molar-refractivity contribution in [2.24, 2.45) is 11.3 Å². The van der Waals surface area contributed by atoms with Gasteiger partial charge < -0.3 is 10.6 Å². The van der Waals surface area contributed by atoms with Crippen molar-refractivity contribution in [1.82, 2.24) is 10.6 Å². The Hall–Kier alpha value is -1.06. The van der Waals surface area contributed by atoms with E-state index in [2.05, 4.69) is 22.8 Å². The quantitative estimate of drug-likeness (QED) is 0.848. The van der Waals surface area contributed by atoms with E-state index in [1.165, 1.54) is 12.0 Å². The molecule has 118 valence electrons. The highest BCUT2D eigenvalue weighted by molar-refractivity contribution is 5.85. The molecule has 0 aliphatic carbocycles. The molecule has 0 aromatic heterocycles. The summed E-state index contributed by atoms with van der Waals surface area (Å²) in [5.41, 5.74) is 0.864. The number of carbonyl (C=O) groups excluding carboxylic acids is 1. The minimum atomic E-state index is -0.352. The van der Waals surface area contributed by atoms with E-state index >= 15 is 0 Å². The van der Waals surface area contributed by atoms with Gasteiger partial charge >= 0.3 is 0 Å². The zero-order valence-corrected chi connectivity index (χ0v) is 13.8. The molecule has 1 aliphatic rings. The Morgan fingerprint density at radius 3 is 2.67 bits per heavy atom. The summed E-state index contributed by atoms with van der Waals surface area (Å²) in [6, 6.07) is 10.2. The molecule has 0 bridgehead atoms. The smallest absolute Gasteiger partial charge is 0.225 e. The number of amides is 1. The van der Waals surface area contributed by atoms with Crippen molar-refractivity contribution in [2.45, 2.75) is 33.1 Å². The van der Waals surface area contributed by atoms with Gasteiger partial charge in [-0.25, -0.2) is 0 Å². The van der Waals surface area contributed by atoms with Gasteiger partial charge in [0, 0.05) is 12.0 Å². The summed E-state index contributed by atoms with van der Waals surface area (Å²) in [4.78, 5) is 12.3. The fourth-order valence-electron chi connectivity index (χ4n) is 2.78. The number of hydrogen-bond donors (Lipinski definition) is 2. The van der Waals surface area contributed by atoms with Crippen LogP contribution < -0.4 is 10.6 Å². The number of carbonyl (C=O) groups is 1. The highest BCUT2D eigenvalue weighted by atomic mass is 35.5. The zero-order chi connectivity index (χ0) is 14.4. The van der Waals surface area contributed by atoms with Crippen LogP contribution in [0.5, 0.6) is 0 Å². The van der Waals surface area contributed by atoms with E-state index in [1.807, 2.05) is 32.0 Å². The fraction of sp³-hybridized carbons (Fsp3) is 0.588. The summed E-state index contributed by atoms with van der Waals surface area (Å²) in [7, 11) is 0. The van der Waals surface area contributed by atoms with Crippen molar-refractivity contribution in [1.29, 1.82) is 0 Å². The molecule has 1 aromatic carbocycles. The van der Waals surface area contributed by atoms with E-state index in [9.17, 15) is 4.79 Å². The van der Waals surface area contributed by atoms with Gasteiger partial charge in [-0.15, -0.1) is 12.4 Å². The molecule has 3 nitrogen and oxygen atoms in total. The summed E-state index contributed by atoms with van der Waals surface area (Å²) >= 11 is 0. The average Bonchev–Trinajstić information content (AvgIpc) is 2.92. The molecule has 0 saturated carbocycles. The van der Waals surface area contributed by atoms with Crippen LogP contribution in [0.3, 0.4) is 0 Å². The van der Waals surface area contributed by atoms with Gasteiger partial charge in [0.25, 0.3) is 0 Å². The Labute approximate surface area is 134 Å². The van der Waals surface area contributed by atoms with Crippen LogP contribution in [0, 0.1) is 11.3 Å². The first-order valence-electron chi connectivity index (χ1n) is 7.61. The van der Waals surface area contributed by atoms with E-state index in [0.29, 0.717) is 0 Å². The van der Waals surface area contributed by atoms with Gasteiger partial charge in [-0.3, -0.25) is 4.79 Å². The largest absolute Gasteiger partial charge is 0.356 e. The van der Waals surface area contributed by atoms with E-state index < -0.39 is 0 Å². The molecule has 1 heterocycles. The van der Waals surface area contributed by atoms with Crippen LogP contribution in [-0.4, -0.2) is 25.5 Å². The van der Waals surface area contributed by atoms with E-state index in [0.717, 1.165) is 38.4 Å². The maximum atomic E-state index is 12.3. The van der Waals surface area contributed by atoms with Crippen molar-refractivity contribution < 1.29 is 4.79 Å². The first kappa shape index (κ1) is 18.0. The SMILES string of the molecule is CC(C)(Cc1ccccc1)C(=O)NCCC1CCNC1.Cl. The second-order valence-corrected chi connectivity index (χ2v) is 6.45. The van der Waals surface area contributed by atoms with Crippen molar-refractivity contribution in [3.63, 3.8) is 0 Å². The lowest BCUT2D eigenvalue weighted by Gasteiger charge is -2.24. The molecule has 1 atom stereocenters. The Morgan fingerprint density at radius 2 is 2.05 bits per heavy atom. The molecule has 1 amide bonds. The molecule has 21 heavy (non-hydrogen) atoms. The maximum Gasteiger partial charge on any atom is 0.225 e. The number of halogens is 1. The van der Waals surface area contributed by atoms with Gasteiger partial charge in [-0.2, -0.15) is 0 Å². The van der Waals surface area contributed by atoms with E-state index in [-0.39, 0.29) is 23.7 Å². The number of hydrogen-bond acceptors (Lipinski definition) is 2. The van der Waals surface area contributed by atoms with Crippen LogP contribution in [0.25, 0.3) is 0 Å². The average molecular weight is 311 g/mol. The van der Waals surface area contributed by atoms with E-state index in [4.69, 9.17) is 0 Å². The normalized spacial score (nSPS) is 18.1. The standard InChI is InChI=1S/C17H26N2O.ClH/c1-17(2,12-14-6-4-3-5-7-14)16(20)19-11-9-15-8-10-18-13-15;/h3-7,15,18H,8-13H2,1-2H3,(H,19,20);1H. The molecule has 4 heteroatoms. The molecular weight excluding hydrogens is 284 g/mol. The van der Waals surface area contributed by atoms with Gasteiger partial charge in [0.05, 0.1) is 0 Å². The molecular formula is C17H27ClN2O. The lowest BCUT2D eigenvalue weighted by molar-refractivity contribution is -0.129. The van der Waals surface area contributed by atoms with Gasteiger partial charge in [-0.1, -0.05) is 44.2 Å². The molecule has 1 fully saturated rings. The molecule has 1 unspecified atom stereocenters. The molecule has 0 radical (unpaired) electrons. The third-order valence-electron chi connectivity index (χ3n) is 4.10.